The van der Waals surface area contributed by atoms with Crippen LogP contribution in [0.5, 0.6) is 0 Å². The largest absolute Gasteiger partial charge is 0.462 e. The van der Waals surface area contributed by atoms with E-state index in [1.165, 1.54) is 12.1 Å². The molecule has 0 aliphatic heterocycles. The van der Waals surface area contributed by atoms with Crippen LogP contribution in [0.15, 0.2) is 42.5 Å². The van der Waals surface area contributed by atoms with Crippen molar-refractivity contribution >= 4 is 17.7 Å². The first kappa shape index (κ1) is 22.2. The molecule has 0 saturated heterocycles. The van der Waals surface area contributed by atoms with Gasteiger partial charge in [-0.3, -0.25) is 0 Å². The average Bonchev–Trinajstić information content (AvgIpc) is 2.67. The van der Waals surface area contributed by atoms with Crippen LogP contribution < -0.4 is 10.6 Å². The quantitative estimate of drug-likeness (QED) is 0.377. The van der Waals surface area contributed by atoms with Crippen LogP contribution in [0.25, 0.3) is 0 Å². The molecule has 9 heteroatoms. The molecular formula is C20H20F4N2O3. The molecule has 0 aliphatic carbocycles. The fraction of sp³-hybridized carbons (Fsp3) is 0.300. The molecule has 0 atom stereocenters. The van der Waals surface area contributed by atoms with Crippen molar-refractivity contribution in [3.8, 4) is 0 Å². The molecule has 5 nitrogen and oxygen atoms in total. The number of hydrogen-bond acceptors (Lipinski definition) is 3. The molecule has 0 spiro atoms. The number of halogens is 4. The van der Waals surface area contributed by atoms with Gasteiger partial charge in [-0.1, -0.05) is 25.5 Å². The minimum atomic E-state index is -4.62. The smallest absolute Gasteiger partial charge is 0.416 e. The second-order valence-corrected chi connectivity index (χ2v) is 6.15. The van der Waals surface area contributed by atoms with Gasteiger partial charge in [0.25, 0.3) is 0 Å². The van der Waals surface area contributed by atoms with Crippen LogP contribution in [0.2, 0.25) is 0 Å². The third-order valence-corrected chi connectivity index (χ3v) is 3.94. The summed E-state index contributed by atoms with van der Waals surface area (Å²) in [5.74, 6) is -1.49. The Bertz CT molecular complexity index is 869. The normalized spacial score (nSPS) is 11.1. The van der Waals surface area contributed by atoms with E-state index in [1.54, 1.807) is 12.1 Å². The Kier molecular flexibility index (Phi) is 7.58. The lowest BCUT2D eigenvalue weighted by Crippen LogP contribution is -2.29. The van der Waals surface area contributed by atoms with E-state index < -0.39 is 36.1 Å². The fourth-order valence-corrected chi connectivity index (χ4v) is 2.39. The highest BCUT2D eigenvalue weighted by Crippen LogP contribution is 2.30. The number of urea groups is 1. The monoisotopic (exact) mass is 412 g/mol. The van der Waals surface area contributed by atoms with Gasteiger partial charge in [-0.25, -0.2) is 14.0 Å². The zero-order valence-corrected chi connectivity index (χ0v) is 15.6. The summed E-state index contributed by atoms with van der Waals surface area (Å²) < 4.78 is 57.1. The number of unbranched alkanes of at least 4 members (excludes halogenated alkanes) is 1. The van der Waals surface area contributed by atoms with Crippen molar-refractivity contribution in [2.24, 2.45) is 0 Å². The van der Waals surface area contributed by atoms with Gasteiger partial charge < -0.3 is 15.4 Å². The number of esters is 1. The maximum absolute atomic E-state index is 13.8. The van der Waals surface area contributed by atoms with E-state index in [2.05, 4.69) is 10.6 Å². The molecule has 0 heterocycles. The standard InChI is InChI=1S/C20H20F4N2O3/c1-2-3-10-29-18(27)15-6-4-5-7-17(15)26-19(28)25-12-13-11-14(20(22,23)24)8-9-16(13)21/h4-9,11H,2-3,10,12H2,1H3,(H2,25,26,28). The van der Waals surface area contributed by atoms with Crippen LogP contribution in [0.1, 0.15) is 41.3 Å². The summed E-state index contributed by atoms with van der Waals surface area (Å²) >= 11 is 0. The zero-order chi connectivity index (χ0) is 21.4. The summed E-state index contributed by atoms with van der Waals surface area (Å²) in [6, 6.07) is 7.27. The molecule has 2 N–H and O–H groups in total. The van der Waals surface area contributed by atoms with Crippen LogP contribution in [0.4, 0.5) is 28.0 Å². The number of amides is 2. The van der Waals surface area contributed by atoms with Crippen LogP contribution in [-0.4, -0.2) is 18.6 Å². The van der Waals surface area contributed by atoms with Gasteiger partial charge in [0.05, 0.1) is 23.4 Å². The number of hydrogen-bond donors (Lipinski definition) is 2. The molecule has 0 unspecified atom stereocenters. The van der Waals surface area contributed by atoms with Crippen molar-refractivity contribution in [1.29, 1.82) is 0 Å². The molecule has 2 aromatic rings. The Morgan fingerprint density at radius 1 is 1.10 bits per heavy atom. The first-order chi connectivity index (χ1) is 13.7. The van der Waals surface area contributed by atoms with Crippen molar-refractivity contribution in [3.05, 3.63) is 65.0 Å². The fourth-order valence-electron chi connectivity index (χ4n) is 2.39. The van der Waals surface area contributed by atoms with Crippen molar-refractivity contribution in [1.82, 2.24) is 5.32 Å². The molecule has 2 aromatic carbocycles. The van der Waals surface area contributed by atoms with Gasteiger partial charge in [0, 0.05) is 12.1 Å². The van der Waals surface area contributed by atoms with E-state index in [0.29, 0.717) is 24.6 Å². The van der Waals surface area contributed by atoms with Gasteiger partial charge in [0.15, 0.2) is 0 Å². The minimum absolute atomic E-state index is 0.129. The maximum Gasteiger partial charge on any atom is 0.416 e. The number of ether oxygens (including phenoxy) is 1. The lowest BCUT2D eigenvalue weighted by molar-refractivity contribution is -0.137. The first-order valence-corrected chi connectivity index (χ1v) is 8.89. The molecule has 0 aliphatic rings. The lowest BCUT2D eigenvalue weighted by Gasteiger charge is -2.13. The highest BCUT2D eigenvalue weighted by molar-refractivity contribution is 6.00. The van der Waals surface area contributed by atoms with Crippen LogP contribution in [0.3, 0.4) is 0 Å². The third-order valence-electron chi connectivity index (χ3n) is 3.94. The number of benzene rings is 2. The van der Waals surface area contributed by atoms with Crippen molar-refractivity contribution in [2.75, 3.05) is 11.9 Å². The van der Waals surface area contributed by atoms with Crippen molar-refractivity contribution < 1.29 is 31.9 Å². The van der Waals surface area contributed by atoms with Crippen molar-refractivity contribution in [3.63, 3.8) is 0 Å². The van der Waals surface area contributed by atoms with E-state index in [1.807, 2.05) is 6.92 Å². The van der Waals surface area contributed by atoms with Crippen LogP contribution in [0, 0.1) is 5.82 Å². The number of para-hydroxylation sites is 1. The topological polar surface area (TPSA) is 67.4 Å². The highest BCUT2D eigenvalue weighted by atomic mass is 19.4. The maximum atomic E-state index is 13.8. The summed E-state index contributed by atoms with van der Waals surface area (Å²) in [6.07, 6.45) is -3.08. The summed E-state index contributed by atoms with van der Waals surface area (Å²) in [5.41, 5.74) is -1.04. The zero-order valence-electron chi connectivity index (χ0n) is 15.6. The van der Waals surface area contributed by atoms with Gasteiger partial charge in [-0.2, -0.15) is 13.2 Å². The molecule has 156 valence electrons. The Hall–Kier alpha value is -3.10. The van der Waals surface area contributed by atoms with E-state index >= 15 is 0 Å². The summed E-state index contributed by atoms with van der Waals surface area (Å²) in [5, 5.41) is 4.70. The third kappa shape index (κ3) is 6.48. The average molecular weight is 412 g/mol. The Morgan fingerprint density at radius 2 is 1.83 bits per heavy atom. The molecule has 29 heavy (non-hydrogen) atoms. The number of carbonyl (C=O) groups is 2. The molecule has 2 rings (SSSR count). The van der Waals surface area contributed by atoms with Gasteiger partial charge in [0.2, 0.25) is 0 Å². The molecule has 0 radical (unpaired) electrons. The first-order valence-electron chi connectivity index (χ1n) is 8.89. The molecule has 2 amide bonds. The van der Waals surface area contributed by atoms with Gasteiger partial charge >= 0.3 is 18.2 Å². The second-order valence-electron chi connectivity index (χ2n) is 6.15. The van der Waals surface area contributed by atoms with E-state index in [4.69, 9.17) is 4.74 Å². The summed E-state index contributed by atoms with van der Waals surface area (Å²) in [7, 11) is 0. The minimum Gasteiger partial charge on any atom is -0.462 e. The molecule has 0 fully saturated rings. The lowest BCUT2D eigenvalue weighted by atomic mass is 10.1. The molecule has 0 bridgehead atoms. The predicted molar refractivity (Wildman–Crippen MR) is 98.9 cm³/mol. The Balaban J connectivity index is 2.03. The second kappa shape index (κ2) is 9.90. The molecule has 0 aromatic heterocycles. The predicted octanol–water partition coefficient (Wildman–Crippen LogP) is 5.12. The highest BCUT2D eigenvalue weighted by Gasteiger charge is 2.31. The molecular weight excluding hydrogens is 392 g/mol. The summed E-state index contributed by atoms with van der Waals surface area (Å²) in [6.45, 7) is 1.72. The number of rotatable bonds is 7. The molecule has 0 saturated carbocycles. The Labute approximate surface area is 165 Å². The Morgan fingerprint density at radius 3 is 2.52 bits per heavy atom. The van der Waals surface area contributed by atoms with E-state index in [9.17, 15) is 27.2 Å². The summed E-state index contributed by atoms with van der Waals surface area (Å²) in [4.78, 5) is 24.2. The van der Waals surface area contributed by atoms with Gasteiger partial charge in [-0.05, 0) is 36.8 Å². The number of carbonyl (C=O) groups excluding carboxylic acids is 2. The van der Waals surface area contributed by atoms with Gasteiger partial charge in [-0.15, -0.1) is 0 Å². The SMILES string of the molecule is CCCCOC(=O)c1ccccc1NC(=O)NCc1cc(C(F)(F)F)ccc1F. The van der Waals surface area contributed by atoms with Crippen molar-refractivity contribution in [2.45, 2.75) is 32.5 Å². The van der Waals surface area contributed by atoms with Crippen LogP contribution in [-0.2, 0) is 17.5 Å². The number of alkyl halides is 3. The van der Waals surface area contributed by atoms with E-state index in [0.717, 1.165) is 6.42 Å². The van der Waals surface area contributed by atoms with Gasteiger partial charge in [0.1, 0.15) is 5.82 Å². The number of anilines is 1. The van der Waals surface area contributed by atoms with E-state index in [-0.39, 0.29) is 23.4 Å². The van der Waals surface area contributed by atoms with Crippen LogP contribution >= 0.6 is 0 Å². The number of nitrogens with one attached hydrogen (secondary N) is 2.